The van der Waals surface area contributed by atoms with Gasteiger partial charge in [-0.05, 0) is 25.8 Å². The van der Waals surface area contributed by atoms with E-state index in [0.717, 1.165) is 17.8 Å². The molecule has 0 aliphatic carbocycles. The Morgan fingerprint density at radius 1 is 1.50 bits per heavy atom. The number of nitrogens with two attached hydrogens (primary N) is 1. The fourth-order valence-electron chi connectivity index (χ4n) is 3.21. The van der Waals surface area contributed by atoms with Crippen molar-refractivity contribution < 1.29 is 14.5 Å². The van der Waals surface area contributed by atoms with Crippen LogP contribution in [0.25, 0.3) is 11.0 Å². The Labute approximate surface area is 138 Å². The van der Waals surface area contributed by atoms with Gasteiger partial charge in [0, 0.05) is 19.7 Å². The Bertz CT molecular complexity index is 816. The molecule has 2 N–H and O–H groups in total. The first-order valence-electron chi connectivity index (χ1n) is 7.70. The number of nitro benzene ring substituents is 1. The summed E-state index contributed by atoms with van der Waals surface area (Å²) in [5.41, 5.74) is 6.98. The summed E-state index contributed by atoms with van der Waals surface area (Å²) in [5.74, 6) is 0.772. The van der Waals surface area contributed by atoms with Gasteiger partial charge in [0.05, 0.1) is 17.0 Å². The van der Waals surface area contributed by atoms with Crippen molar-refractivity contribution in [1.29, 1.82) is 0 Å². The smallest absolute Gasteiger partial charge is 0.404 e. The number of anilines is 1. The number of fused-ring (bicyclic) bond motifs is 1. The lowest BCUT2D eigenvalue weighted by Crippen LogP contribution is -2.41. The van der Waals surface area contributed by atoms with Crippen LogP contribution in [0.5, 0.6) is 0 Å². The van der Waals surface area contributed by atoms with Crippen molar-refractivity contribution in [3.05, 3.63) is 28.1 Å². The molecule has 24 heavy (non-hydrogen) atoms. The minimum absolute atomic E-state index is 0.000301. The summed E-state index contributed by atoms with van der Waals surface area (Å²) >= 11 is 0. The van der Waals surface area contributed by atoms with Crippen LogP contribution in [0.2, 0.25) is 0 Å². The molecular formula is C15H19N5O4. The van der Waals surface area contributed by atoms with E-state index in [1.54, 1.807) is 6.07 Å². The van der Waals surface area contributed by atoms with Gasteiger partial charge in [0.25, 0.3) is 5.69 Å². The molecule has 128 valence electrons. The number of amides is 1. The Morgan fingerprint density at radius 2 is 2.25 bits per heavy atom. The highest BCUT2D eigenvalue weighted by molar-refractivity contribution is 5.95. The van der Waals surface area contributed by atoms with E-state index in [0.29, 0.717) is 30.7 Å². The van der Waals surface area contributed by atoms with Gasteiger partial charge in [0.1, 0.15) is 23.1 Å². The number of carbonyl (C=O) groups is 1. The Morgan fingerprint density at radius 3 is 2.92 bits per heavy atom. The van der Waals surface area contributed by atoms with Crippen LogP contribution in [0.15, 0.2) is 12.1 Å². The molecule has 1 aliphatic rings. The van der Waals surface area contributed by atoms with E-state index in [9.17, 15) is 14.9 Å². The molecule has 2 aromatic rings. The number of nitro groups is 1. The van der Waals surface area contributed by atoms with E-state index in [-0.39, 0.29) is 11.8 Å². The molecule has 0 spiro atoms. The van der Waals surface area contributed by atoms with E-state index < -0.39 is 11.0 Å². The minimum atomic E-state index is -0.830. The summed E-state index contributed by atoms with van der Waals surface area (Å²) in [6.07, 6.45) is 0.223. The van der Waals surface area contributed by atoms with Gasteiger partial charge in [-0.25, -0.2) is 9.78 Å². The van der Waals surface area contributed by atoms with Crippen molar-refractivity contribution >= 4 is 28.5 Å². The molecule has 3 rings (SSSR count). The molecule has 1 unspecified atom stereocenters. The number of primary amides is 1. The summed E-state index contributed by atoms with van der Waals surface area (Å²) < 4.78 is 6.98. The Kier molecular flexibility index (Phi) is 4.00. The van der Waals surface area contributed by atoms with Crippen LogP contribution < -0.4 is 10.6 Å². The summed E-state index contributed by atoms with van der Waals surface area (Å²) in [6, 6.07) is 3.20. The fraction of sp³-hybridized carbons (Fsp3) is 0.467. The van der Waals surface area contributed by atoms with Crippen LogP contribution >= 0.6 is 0 Å². The molecule has 9 nitrogen and oxygen atoms in total. The molecule has 0 bridgehead atoms. The first-order chi connectivity index (χ1) is 11.4. The van der Waals surface area contributed by atoms with Crippen LogP contribution in [-0.4, -0.2) is 39.8 Å². The number of rotatable bonds is 3. The van der Waals surface area contributed by atoms with Gasteiger partial charge < -0.3 is 19.9 Å². The minimum Gasteiger partial charge on any atom is -0.445 e. The van der Waals surface area contributed by atoms with Gasteiger partial charge in [-0.2, -0.15) is 0 Å². The molecule has 1 atom stereocenters. The zero-order valence-corrected chi connectivity index (χ0v) is 13.6. The Balaban J connectivity index is 2.09. The summed E-state index contributed by atoms with van der Waals surface area (Å²) in [4.78, 5) is 28.5. The van der Waals surface area contributed by atoms with Gasteiger partial charge >= 0.3 is 6.09 Å². The largest absolute Gasteiger partial charge is 0.445 e. The van der Waals surface area contributed by atoms with E-state index >= 15 is 0 Å². The first-order valence-corrected chi connectivity index (χ1v) is 7.70. The third-order valence-corrected chi connectivity index (χ3v) is 4.40. The lowest BCUT2D eigenvalue weighted by molar-refractivity contribution is -0.384. The molecule has 2 heterocycles. The third kappa shape index (κ3) is 2.72. The maximum atomic E-state index is 11.5. The number of benzene rings is 1. The predicted molar refractivity (Wildman–Crippen MR) is 88.0 cm³/mol. The average Bonchev–Trinajstić information content (AvgIpc) is 2.81. The average molecular weight is 333 g/mol. The van der Waals surface area contributed by atoms with Crippen LogP contribution in [-0.2, 0) is 11.8 Å². The van der Waals surface area contributed by atoms with E-state index in [2.05, 4.69) is 4.98 Å². The molecule has 1 amide bonds. The van der Waals surface area contributed by atoms with Gasteiger partial charge in [-0.3, -0.25) is 10.1 Å². The van der Waals surface area contributed by atoms with Gasteiger partial charge in [0.2, 0.25) is 0 Å². The van der Waals surface area contributed by atoms with Gasteiger partial charge in [-0.1, -0.05) is 0 Å². The van der Waals surface area contributed by atoms with Crippen molar-refractivity contribution in [3.63, 3.8) is 0 Å². The van der Waals surface area contributed by atoms with Crippen molar-refractivity contribution in [1.82, 2.24) is 9.55 Å². The molecule has 1 aromatic carbocycles. The summed E-state index contributed by atoms with van der Waals surface area (Å²) in [6.45, 7) is 2.84. The highest BCUT2D eigenvalue weighted by Crippen LogP contribution is 2.37. The number of hydrogen-bond donors (Lipinski definition) is 1. The number of piperidine rings is 1. The lowest BCUT2D eigenvalue weighted by Gasteiger charge is -2.33. The third-order valence-electron chi connectivity index (χ3n) is 4.40. The van der Waals surface area contributed by atoms with Crippen molar-refractivity contribution in [2.45, 2.75) is 25.9 Å². The van der Waals surface area contributed by atoms with Crippen molar-refractivity contribution in [2.24, 2.45) is 12.8 Å². The van der Waals surface area contributed by atoms with Gasteiger partial charge in [0.15, 0.2) is 0 Å². The monoisotopic (exact) mass is 333 g/mol. The zero-order chi connectivity index (χ0) is 17.4. The first kappa shape index (κ1) is 16.0. The Hall–Kier alpha value is -2.84. The normalized spacial score (nSPS) is 17.9. The van der Waals surface area contributed by atoms with E-state index in [1.165, 1.54) is 6.07 Å². The molecule has 1 aromatic heterocycles. The molecule has 0 saturated carbocycles. The molecule has 1 aliphatic heterocycles. The maximum Gasteiger partial charge on any atom is 0.404 e. The van der Waals surface area contributed by atoms with Crippen LogP contribution in [0.4, 0.5) is 16.2 Å². The number of nitrogens with zero attached hydrogens (tertiary/aromatic N) is 4. The standard InChI is InChI=1S/C15H19N5O4/c1-9-17-13-11(18(9)2)5-6-12(20(22)23)14(13)19-7-3-4-10(8-19)24-15(16)21/h5-6,10H,3-4,7-8H2,1-2H3,(H2,16,21). The highest BCUT2D eigenvalue weighted by Gasteiger charge is 2.30. The van der Waals surface area contributed by atoms with Crippen molar-refractivity contribution in [2.75, 3.05) is 18.0 Å². The van der Waals surface area contributed by atoms with E-state index in [4.69, 9.17) is 10.5 Å². The number of aryl methyl sites for hydroxylation is 2. The summed E-state index contributed by atoms with van der Waals surface area (Å²) in [7, 11) is 1.87. The second kappa shape index (κ2) is 5.99. The number of ether oxygens (including phenoxy) is 1. The predicted octanol–water partition coefficient (Wildman–Crippen LogP) is 1.85. The van der Waals surface area contributed by atoms with E-state index in [1.807, 2.05) is 23.4 Å². The quantitative estimate of drug-likeness (QED) is 0.677. The van der Waals surface area contributed by atoms with Crippen molar-refractivity contribution in [3.8, 4) is 0 Å². The molecule has 1 saturated heterocycles. The van der Waals surface area contributed by atoms with Crippen LogP contribution in [0.3, 0.4) is 0 Å². The number of imidazole rings is 1. The molecule has 0 radical (unpaired) electrons. The molecular weight excluding hydrogens is 314 g/mol. The van der Waals surface area contributed by atoms with Gasteiger partial charge in [-0.15, -0.1) is 0 Å². The number of hydrogen-bond acceptors (Lipinski definition) is 6. The SMILES string of the molecule is Cc1nc2c(N3CCCC(OC(N)=O)C3)c([N+](=O)[O-])ccc2n1C. The summed E-state index contributed by atoms with van der Waals surface area (Å²) in [5, 5.41) is 11.5. The lowest BCUT2D eigenvalue weighted by atomic mass is 10.1. The highest BCUT2D eigenvalue weighted by atomic mass is 16.6. The number of aromatic nitrogens is 2. The second-order valence-corrected chi connectivity index (χ2v) is 5.92. The molecule has 9 heteroatoms. The fourth-order valence-corrected chi connectivity index (χ4v) is 3.21. The van der Waals surface area contributed by atoms with Crippen LogP contribution in [0.1, 0.15) is 18.7 Å². The van der Waals surface area contributed by atoms with Crippen LogP contribution in [0, 0.1) is 17.0 Å². The number of carbonyl (C=O) groups excluding carboxylic acids is 1. The second-order valence-electron chi connectivity index (χ2n) is 5.92. The maximum absolute atomic E-state index is 11.5. The topological polar surface area (TPSA) is 117 Å². The zero-order valence-electron chi connectivity index (χ0n) is 13.6. The molecule has 1 fully saturated rings.